The molecule has 2 saturated heterocycles. The van der Waals surface area contributed by atoms with Crippen LogP contribution in [0.2, 0.25) is 0 Å². The zero-order valence-corrected chi connectivity index (χ0v) is 11.7. The van der Waals surface area contributed by atoms with E-state index < -0.39 is 11.4 Å². The Morgan fingerprint density at radius 1 is 1.37 bits per heavy atom. The molecule has 0 aromatic carbocycles. The second kappa shape index (κ2) is 5.49. The molecule has 2 fully saturated rings. The number of carbonyl (C=O) groups is 2. The molecule has 2 aliphatic heterocycles. The van der Waals surface area contributed by atoms with E-state index in [9.17, 15) is 14.7 Å². The molecule has 2 aliphatic rings. The molecule has 5 nitrogen and oxygen atoms in total. The predicted molar refractivity (Wildman–Crippen MR) is 69.7 cm³/mol. The Morgan fingerprint density at radius 3 is 2.53 bits per heavy atom. The Hall–Kier alpha value is -1.10. The Kier molecular flexibility index (Phi) is 4.13. The number of rotatable bonds is 3. The number of aliphatic carboxylic acids is 1. The number of nitrogens with zero attached hydrogens (tertiary/aromatic N) is 1. The number of hydrogen-bond acceptors (Lipinski definition) is 3. The number of hydrogen-bond donors (Lipinski definition) is 1. The minimum Gasteiger partial charge on any atom is -0.481 e. The van der Waals surface area contributed by atoms with Gasteiger partial charge in [0, 0.05) is 19.7 Å². The van der Waals surface area contributed by atoms with Crippen LogP contribution in [0.4, 0.5) is 0 Å². The first-order chi connectivity index (χ1) is 8.98. The quantitative estimate of drug-likeness (QED) is 0.843. The number of carboxylic acids is 1. The third-order valence-corrected chi connectivity index (χ3v) is 4.62. The van der Waals surface area contributed by atoms with Crippen LogP contribution in [-0.4, -0.2) is 47.7 Å². The molecular formula is C14H23NO4. The van der Waals surface area contributed by atoms with Crippen molar-refractivity contribution in [3.8, 4) is 0 Å². The highest BCUT2D eigenvalue weighted by Gasteiger charge is 2.41. The maximum atomic E-state index is 12.4. The van der Waals surface area contributed by atoms with Crippen molar-refractivity contribution in [3.63, 3.8) is 0 Å². The first-order valence-electron chi connectivity index (χ1n) is 7.12. The summed E-state index contributed by atoms with van der Waals surface area (Å²) in [5.74, 6) is -0.633. The summed E-state index contributed by atoms with van der Waals surface area (Å²) in [6.45, 7) is 5.57. The zero-order valence-electron chi connectivity index (χ0n) is 11.7. The average molecular weight is 269 g/mol. The van der Waals surface area contributed by atoms with E-state index in [0.717, 1.165) is 12.8 Å². The molecule has 108 valence electrons. The van der Waals surface area contributed by atoms with Crippen LogP contribution in [0.3, 0.4) is 0 Å². The minimum atomic E-state index is -0.754. The van der Waals surface area contributed by atoms with Gasteiger partial charge in [0.05, 0.1) is 17.4 Å². The lowest BCUT2D eigenvalue weighted by Crippen LogP contribution is -2.48. The summed E-state index contributed by atoms with van der Waals surface area (Å²) in [5, 5.41) is 9.19. The Morgan fingerprint density at radius 2 is 2.00 bits per heavy atom. The van der Waals surface area contributed by atoms with Crippen LogP contribution in [0.25, 0.3) is 0 Å². The molecule has 19 heavy (non-hydrogen) atoms. The summed E-state index contributed by atoms with van der Waals surface area (Å²) in [6, 6.07) is 0. The molecule has 2 atom stereocenters. The van der Waals surface area contributed by atoms with Gasteiger partial charge in [0.15, 0.2) is 0 Å². The standard InChI is InChI=1S/C14H23NO4/c1-3-11-10(4-9-19-11)12(16)15-7-5-14(2,6-8-15)13(17)18/h10-11H,3-9H2,1-2H3,(H,17,18). The second-order valence-corrected chi connectivity index (χ2v) is 5.90. The Labute approximate surface area is 113 Å². The number of carboxylic acid groups (broad SMARTS) is 1. The van der Waals surface area contributed by atoms with Gasteiger partial charge < -0.3 is 14.7 Å². The topological polar surface area (TPSA) is 66.8 Å². The molecule has 2 heterocycles. The molecule has 2 unspecified atom stereocenters. The van der Waals surface area contributed by atoms with E-state index in [0.29, 0.717) is 32.5 Å². The average Bonchev–Trinajstić information content (AvgIpc) is 2.87. The summed E-state index contributed by atoms with van der Waals surface area (Å²) in [7, 11) is 0. The van der Waals surface area contributed by atoms with Gasteiger partial charge in [-0.1, -0.05) is 6.92 Å². The van der Waals surface area contributed by atoms with Crippen LogP contribution >= 0.6 is 0 Å². The zero-order chi connectivity index (χ0) is 14.0. The van der Waals surface area contributed by atoms with Crippen LogP contribution in [0, 0.1) is 11.3 Å². The van der Waals surface area contributed by atoms with Crippen molar-refractivity contribution in [2.45, 2.75) is 45.6 Å². The first-order valence-corrected chi connectivity index (χ1v) is 7.12. The summed E-state index contributed by atoms with van der Waals surface area (Å²) in [6.07, 6.45) is 2.78. The molecule has 0 radical (unpaired) electrons. The van der Waals surface area contributed by atoms with Crippen LogP contribution < -0.4 is 0 Å². The number of likely N-dealkylation sites (tertiary alicyclic amines) is 1. The third-order valence-electron chi connectivity index (χ3n) is 4.62. The molecule has 0 bridgehead atoms. The van der Waals surface area contributed by atoms with E-state index in [4.69, 9.17) is 4.74 Å². The highest BCUT2D eigenvalue weighted by molar-refractivity contribution is 5.80. The van der Waals surface area contributed by atoms with Gasteiger partial charge >= 0.3 is 5.97 Å². The summed E-state index contributed by atoms with van der Waals surface area (Å²) >= 11 is 0. The number of amides is 1. The molecule has 0 aliphatic carbocycles. The van der Waals surface area contributed by atoms with Gasteiger partial charge in [-0.2, -0.15) is 0 Å². The van der Waals surface area contributed by atoms with Crippen LogP contribution in [-0.2, 0) is 14.3 Å². The fourth-order valence-electron chi connectivity index (χ4n) is 3.00. The van der Waals surface area contributed by atoms with Crippen LogP contribution in [0.5, 0.6) is 0 Å². The smallest absolute Gasteiger partial charge is 0.309 e. The van der Waals surface area contributed by atoms with E-state index in [1.165, 1.54) is 0 Å². The van der Waals surface area contributed by atoms with Crippen LogP contribution in [0.15, 0.2) is 0 Å². The van der Waals surface area contributed by atoms with Crippen molar-refractivity contribution in [1.82, 2.24) is 4.90 Å². The molecule has 1 amide bonds. The lowest BCUT2D eigenvalue weighted by atomic mass is 9.80. The normalized spacial score (nSPS) is 30.3. The highest BCUT2D eigenvalue weighted by Crippen LogP contribution is 2.33. The highest BCUT2D eigenvalue weighted by atomic mass is 16.5. The molecule has 0 aromatic heterocycles. The van der Waals surface area contributed by atoms with Crippen molar-refractivity contribution >= 4 is 11.9 Å². The Bertz CT molecular complexity index is 360. The maximum absolute atomic E-state index is 12.4. The maximum Gasteiger partial charge on any atom is 0.309 e. The molecule has 5 heteroatoms. The van der Waals surface area contributed by atoms with Gasteiger partial charge in [0.2, 0.25) is 5.91 Å². The van der Waals surface area contributed by atoms with Crippen molar-refractivity contribution in [1.29, 1.82) is 0 Å². The van der Waals surface area contributed by atoms with Gasteiger partial charge in [-0.15, -0.1) is 0 Å². The van der Waals surface area contributed by atoms with Crippen molar-refractivity contribution < 1.29 is 19.4 Å². The number of piperidine rings is 1. The largest absolute Gasteiger partial charge is 0.481 e. The monoisotopic (exact) mass is 269 g/mol. The van der Waals surface area contributed by atoms with E-state index in [2.05, 4.69) is 0 Å². The Balaban J connectivity index is 1.94. The molecule has 0 aromatic rings. The number of carbonyl (C=O) groups excluding carboxylic acids is 1. The fraction of sp³-hybridized carbons (Fsp3) is 0.857. The molecule has 2 rings (SSSR count). The first kappa shape index (κ1) is 14.3. The van der Waals surface area contributed by atoms with Gasteiger partial charge in [0.1, 0.15) is 0 Å². The van der Waals surface area contributed by atoms with E-state index in [-0.39, 0.29) is 17.9 Å². The summed E-state index contributed by atoms with van der Waals surface area (Å²) < 4.78 is 5.56. The van der Waals surface area contributed by atoms with Crippen molar-refractivity contribution in [2.75, 3.05) is 19.7 Å². The van der Waals surface area contributed by atoms with Crippen LogP contribution in [0.1, 0.15) is 39.5 Å². The van der Waals surface area contributed by atoms with Gasteiger partial charge in [0.25, 0.3) is 0 Å². The van der Waals surface area contributed by atoms with Gasteiger partial charge in [-0.25, -0.2) is 0 Å². The fourth-order valence-corrected chi connectivity index (χ4v) is 3.00. The minimum absolute atomic E-state index is 0.0285. The summed E-state index contributed by atoms with van der Waals surface area (Å²) in [5.41, 5.74) is -0.673. The summed E-state index contributed by atoms with van der Waals surface area (Å²) in [4.78, 5) is 25.5. The number of ether oxygens (including phenoxy) is 1. The second-order valence-electron chi connectivity index (χ2n) is 5.90. The molecule has 0 spiro atoms. The lowest BCUT2D eigenvalue weighted by molar-refractivity contribution is -0.154. The molecular weight excluding hydrogens is 246 g/mol. The van der Waals surface area contributed by atoms with E-state index in [1.54, 1.807) is 6.92 Å². The third kappa shape index (κ3) is 2.76. The lowest BCUT2D eigenvalue weighted by Gasteiger charge is -2.38. The predicted octanol–water partition coefficient (Wildman–Crippen LogP) is 1.51. The van der Waals surface area contributed by atoms with Gasteiger partial charge in [-0.05, 0) is 32.6 Å². The molecule has 0 saturated carbocycles. The molecule has 1 N–H and O–H groups in total. The van der Waals surface area contributed by atoms with Crippen molar-refractivity contribution in [3.05, 3.63) is 0 Å². The van der Waals surface area contributed by atoms with Crippen molar-refractivity contribution in [2.24, 2.45) is 11.3 Å². The SMILES string of the molecule is CCC1OCCC1C(=O)N1CCC(C)(C(=O)O)CC1. The van der Waals surface area contributed by atoms with E-state index >= 15 is 0 Å². The van der Waals surface area contributed by atoms with Gasteiger partial charge in [-0.3, -0.25) is 9.59 Å². The van der Waals surface area contributed by atoms with E-state index in [1.807, 2.05) is 11.8 Å².